The number of benzene rings is 1. The SMILES string of the molecule is CC.CC.[B]C12CCNCC1c1cccc(C)c1N2CC. The predicted octanol–water partition coefficient (Wildman–Crippen LogP) is 3.83. The summed E-state index contributed by atoms with van der Waals surface area (Å²) in [4.78, 5) is 2.42. The van der Waals surface area contributed by atoms with Gasteiger partial charge < -0.3 is 10.2 Å². The highest BCUT2D eigenvalue weighted by atomic mass is 15.2. The molecule has 2 aliphatic rings. The van der Waals surface area contributed by atoms with Crippen LogP contribution in [0.1, 0.15) is 58.1 Å². The minimum Gasteiger partial charge on any atom is -0.374 e. The minimum absolute atomic E-state index is 0.172. The van der Waals surface area contributed by atoms with Crippen molar-refractivity contribution in [3.05, 3.63) is 29.3 Å². The normalized spacial score (nSPS) is 25.8. The van der Waals surface area contributed by atoms with Gasteiger partial charge in [0, 0.05) is 30.1 Å². The lowest BCUT2D eigenvalue weighted by atomic mass is 9.64. The van der Waals surface area contributed by atoms with Crippen LogP contribution in [0, 0.1) is 6.92 Å². The van der Waals surface area contributed by atoms with Crippen LogP contribution >= 0.6 is 0 Å². The summed E-state index contributed by atoms with van der Waals surface area (Å²) in [6, 6.07) is 6.59. The Morgan fingerprint density at radius 1 is 1.29 bits per heavy atom. The zero-order valence-corrected chi connectivity index (χ0v) is 14.7. The second kappa shape index (κ2) is 7.88. The summed E-state index contributed by atoms with van der Waals surface area (Å²) in [7, 11) is 6.72. The van der Waals surface area contributed by atoms with Gasteiger partial charge in [-0.1, -0.05) is 45.9 Å². The van der Waals surface area contributed by atoms with E-state index in [1.165, 1.54) is 16.8 Å². The highest BCUT2D eigenvalue weighted by molar-refractivity contribution is 6.19. The summed E-state index contributed by atoms with van der Waals surface area (Å²) in [6.45, 7) is 15.4. The molecular weight excluding hydrogens is 255 g/mol. The largest absolute Gasteiger partial charge is 0.374 e. The molecule has 2 aliphatic heterocycles. The third kappa shape index (κ3) is 2.99. The molecule has 3 heteroatoms. The Morgan fingerprint density at radius 2 is 1.95 bits per heavy atom. The Bertz CT molecular complexity index is 447. The number of hydrogen-bond donors (Lipinski definition) is 1. The highest BCUT2D eigenvalue weighted by Crippen LogP contribution is 2.49. The van der Waals surface area contributed by atoms with Crippen molar-refractivity contribution in [2.45, 2.75) is 59.3 Å². The number of nitrogens with one attached hydrogen (secondary N) is 1. The second-order valence-electron chi connectivity index (χ2n) is 5.25. The van der Waals surface area contributed by atoms with Crippen LogP contribution in [0.5, 0.6) is 0 Å². The quantitative estimate of drug-likeness (QED) is 0.789. The van der Waals surface area contributed by atoms with E-state index in [9.17, 15) is 0 Å². The first-order valence-electron chi connectivity index (χ1n) is 8.55. The maximum absolute atomic E-state index is 6.72. The van der Waals surface area contributed by atoms with Gasteiger partial charge in [-0.15, -0.1) is 0 Å². The zero-order valence-electron chi connectivity index (χ0n) is 14.7. The number of aryl methyl sites for hydroxylation is 1. The summed E-state index contributed by atoms with van der Waals surface area (Å²) in [6.07, 6.45) is 1.03. The summed E-state index contributed by atoms with van der Waals surface area (Å²) in [5.74, 6) is 0.436. The van der Waals surface area contributed by atoms with Crippen molar-refractivity contribution in [3.8, 4) is 0 Å². The van der Waals surface area contributed by atoms with Gasteiger partial charge in [-0.2, -0.15) is 0 Å². The lowest BCUT2D eigenvalue weighted by Crippen LogP contribution is -2.56. The Kier molecular flexibility index (Phi) is 6.79. The summed E-state index contributed by atoms with van der Waals surface area (Å²) < 4.78 is 0. The van der Waals surface area contributed by atoms with E-state index >= 15 is 0 Å². The third-order valence-corrected chi connectivity index (χ3v) is 4.39. The standard InChI is InChI=1S/C14H19BN2.2C2H6/c1-3-17-13-10(2)5-4-6-11(13)12-9-16-8-7-14(12,17)15;2*1-2/h4-6,12,16H,3,7-9H2,1-2H3;2*1-2H3. The van der Waals surface area contributed by atoms with Gasteiger partial charge in [0.15, 0.2) is 0 Å². The molecule has 2 unspecified atom stereocenters. The zero-order chi connectivity index (χ0) is 16.0. The highest BCUT2D eigenvalue weighted by Gasteiger charge is 2.48. The number of likely N-dealkylation sites (N-methyl/N-ethyl adjacent to an activating group) is 1. The number of anilines is 1. The summed E-state index contributed by atoms with van der Waals surface area (Å²) >= 11 is 0. The molecule has 1 aromatic carbocycles. The van der Waals surface area contributed by atoms with Crippen molar-refractivity contribution in [2.75, 3.05) is 24.5 Å². The van der Waals surface area contributed by atoms with E-state index in [-0.39, 0.29) is 5.44 Å². The molecule has 0 bridgehead atoms. The van der Waals surface area contributed by atoms with Crippen molar-refractivity contribution in [3.63, 3.8) is 0 Å². The fourth-order valence-corrected chi connectivity index (χ4v) is 3.58. The number of hydrogen-bond acceptors (Lipinski definition) is 2. The van der Waals surface area contributed by atoms with Gasteiger partial charge in [0.2, 0.25) is 0 Å². The van der Waals surface area contributed by atoms with Crippen LogP contribution in [0.3, 0.4) is 0 Å². The average Bonchev–Trinajstić information content (AvgIpc) is 2.80. The molecule has 0 saturated carbocycles. The van der Waals surface area contributed by atoms with E-state index in [1.807, 2.05) is 27.7 Å². The van der Waals surface area contributed by atoms with Crippen LogP contribution in [0.4, 0.5) is 5.69 Å². The van der Waals surface area contributed by atoms with Crippen LogP contribution in [0.2, 0.25) is 0 Å². The van der Waals surface area contributed by atoms with E-state index < -0.39 is 0 Å². The van der Waals surface area contributed by atoms with Crippen molar-refractivity contribution in [1.82, 2.24) is 5.32 Å². The molecule has 2 heterocycles. The molecule has 2 nitrogen and oxygen atoms in total. The third-order valence-electron chi connectivity index (χ3n) is 4.39. The molecule has 2 radical (unpaired) electrons. The number of rotatable bonds is 1. The van der Waals surface area contributed by atoms with E-state index in [1.54, 1.807) is 0 Å². The molecule has 1 fully saturated rings. The second-order valence-corrected chi connectivity index (χ2v) is 5.25. The Morgan fingerprint density at radius 3 is 2.57 bits per heavy atom. The first-order chi connectivity index (χ1) is 10.2. The van der Waals surface area contributed by atoms with Gasteiger partial charge in [-0.3, -0.25) is 0 Å². The van der Waals surface area contributed by atoms with Crippen LogP contribution < -0.4 is 10.2 Å². The van der Waals surface area contributed by atoms with Crippen LogP contribution in [0.15, 0.2) is 18.2 Å². The molecule has 1 saturated heterocycles. The fraction of sp³-hybridized carbons (Fsp3) is 0.667. The molecule has 3 rings (SSSR count). The van der Waals surface area contributed by atoms with Gasteiger partial charge in [-0.05, 0) is 37.9 Å². The lowest BCUT2D eigenvalue weighted by Gasteiger charge is -2.45. The molecule has 0 spiro atoms. The van der Waals surface area contributed by atoms with Gasteiger partial charge in [0.05, 0.1) is 0 Å². The molecule has 0 amide bonds. The molecule has 116 valence electrons. The monoisotopic (exact) mass is 286 g/mol. The van der Waals surface area contributed by atoms with Crippen LogP contribution in [-0.4, -0.2) is 32.9 Å². The van der Waals surface area contributed by atoms with Crippen LogP contribution in [0.25, 0.3) is 0 Å². The van der Waals surface area contributed by atoms with E-state index in [0.717, 1.165) is 26.1 Å². The van der Waals surface area contributed by atoms with E-state index in [0.29, 0.717) is 5.92 Å². The molecular formula is C18H31BN2. The molecule has 0 aromatic heterocycles. The molecule has 1 N–H and O–H groups in total. The average molecular weight is 286 g/mol. The molecule has 1 aromatic rings. The number of piperidine rings is 1. The summed E-state index contributed by atoms with van der Waals surface area (Å²) in [5, 5.41) is 3.48. The minimum atomic E-state index is -0.172. The maximum atomic E-state index is 6.72. The van der Waals surface area contributed by atoms with Crippen LogP contribution in [-0.2, 0) is 0 Å². The fourth-order valence-electron chi connectivity index (χ4n) is 3.58. The topological polar surface area (TPSA) is 15.3 Å². The molecule has 0 aliphatic carbocycles. The smallest absolute Gasteiger partial charge is 0.105 e. The first kappa shape index (κ1) is 18.1. The first-order valence-corrected chi connectivity index (χ1v) is 8.55. The van der Waals surface area contributed by atoms with Crippen molar-refractivity contribution in [1.29, 1.82) is 0 Å². The maximum Gasteiger partial charge on any atom is 0.105 e. The van der Waals surface area contributed by atoms with Gasteiger partial charge in [-0.25, -0.2) is 0 Å². The van der Waals surface area contributed by atoms with Gasteiger partial charge in [0.1, 0.15) is 7.85 Å². The Labute approximate surface area is 132 Å². The summed E-state index contributed by atoms with van der Waals surface area (Å²) in [5.41, 5.74) is 3.99. The Hall–Kier alpha value is -0.955. The van der Waals surface area contributed by atoms with Gasteiger partial charge in [0.25, 0.3) is 0 Å². The van der Waals surface area contributed by atoms with Crippen molar-refractivity contribution >= 4 is 13.5 Å². The number of nitrogens with zero attached hydrogens (tertiary/aromatic N) is 1. The van der Waals surface area contributed by atoms with Gasteiger partial charge >= 0.3 is 0 Å². The van der Waals surface area contributed by atoms with Crippen molar-refractivity contribution in [2.24, 2.45) is 0 Å². The molecule has 21 heavy (non-hydrogen) atoms. The number of fused-ring (bicyclic) bond motifs is 3. The van der Waals surface area contributed by atoms with E-state index in [4.69, 9.17) is 7.85 Å². The number of para-hydroxylation sites is 1. The Balaban J connectivity index is 0.000000510. The van der Waals surface area contributed by atoms with E-state index in [2.05, 4.69) is 42.3 Å². The van der Waals surface area contributed by atoms with Crippen molar-refractivity contribution < 1.29 is 0 Å². The lowest BCUT2D eigenvalue weighted by molar-refractivity contribution is 0.364. The molecule has 2 atom stereocenters. The predicted molar refractivity (Wildman–Crippen MR) is 95.6 cm³/mol.